The van der Waals surface area contributed by atoms with Crippen molar-refractivity contribution in [3.8, 4) is 11.5 Å². The van der Waals surface area contributed by atoms with E-state index < -0.39 is 0 Å². The lowest BCUT2D eigenvalue weighted by Gasteiger charge is -2.12. The van der Waals surface area contributed by atoms with E-state index in [1.807, 2.05) is 54.6 Å². The molecule has 0 aliphatic carbocycles. The van der Waals surface area contributed by atoms with Crippen LogP contribution in [-0.2, 0) is 11.2 Å². The van der Waals surface area contributed by atoms with E-state index in [2.05, 4.69) is 0 Å². The molecule has 0 aliphatic heterocycles. The molecule has 0 spiro atoms. The van der Waals surface area contributed by atoms with Crippen LogP contribution in [0.3, 0.4) is 0 Å². The van der Waals surface area contributed by atoms with Crippen LogP contribution in [0.1, 0.15) is 5.56 Å². The van der Waals surface area contributed by atoms with Crippen LogP contribution in [0.5, 0.6) is 11.5 Å². The van der Waals surface area contributed by atoms with Gasteiger partial charge in [-0.2, -0.15) is 0 Å². The maximum atomic E-state index is 11.2. The number of rotatable bonds is 6. The Morgan fingerprint density at radius 3 is 2.40 bits per heavy atom. The summed E-state index contributed by atoms with van der Waals surface area (Å²) in [6.07, 6.45) is 0.526. The summed E-state index contributed by atoms with van der Waals surface area (Å²) in [6.45, 7) is 0.249. The second-order valence-electron chi connectivity index (χ2n) is 4.60. The molecule has 2 rings (SSSR count). The van der Waals surface area contributed by atoms with E-state index in [4.69, 9.17) is 16.2 Å². The number of hydrogen-bond donors (Lipinski definition) is 2. The van der Waals surface area contributed by atoms with Crippen LogP contribution < -0.4 is 16.2 Å². The van der Waals surface area contributed by atoms with Crippen LogP contribution in [0.15, 0.2) is 54.6 Å². The van der Waals surface area contributed by atoms with E-state index >= 15 is 0 Å². The highest BCUT2D eigenvalue weighted by Gasteiger charge is 2.14. The van der Waals surface area contributed by atoms with Crippen molar-refractivity contribution in [3.05, 3.63) is 60.2 Å². The SMILES string of the molecule is NCC(Cc1cccc(Oc2ccccc2)c1)C(N)=O. The Hall–Kier alpha value is -2.33. The first-order valence-electron chi connectivity index (χ1n) is 6.50. The molecule has 0 saturated carbocycles. The summed E-state index contributed by atoms with van der Waals surface area (Å²) in [5.41, 5.74) is 11.8. The summed E-state index contributed by atoms with van der Waals surface area (Å²) < 4.78 is 5.75. The third kappa shape index (κ3) is 3.83. The Bertz CT molecular complexity index is 570. The van der Waals surface area contributed by atoms with Crippen LogP contribution in [0.2, 0.25) is 0 Å². The Kier molecular flexibility index (Phi) is 4.74. The lowest BCUT2D eigenvalue weighted by Crippen LogP contribution is -2.31. The van der Waals surface area contributed by atoms with Crippen LogP contribution in [-0.4, -0.2) is 12.5 Å². The van der Waals surface area contributed by atoms with E-state index in [0.717, 1.165) is 17.1 Å². The number of para-hydroxylation sites is 1. The van der Waals surface area contributed by atoms with Crippen molar-refractivity contribution in [2.24, 2.45) is 17.4 Å². The lowest BCUT2D eigenvalue weighted by atomic mass is 9.99. The normalized spacial score (nSPS) is 11.8. The monoisotopic (exact) mass is 270 g/mol. The van der Waals surface area contributed by atoms with Crippen LogP contribution in [0.25, 0.3) is 0 Å². The Labute approximate surface area is 118 Å². The topological polar surface area (TPSA) is 78.3 Å². The third-order valence-electron chi connectivity index (χ3n) is 3.05. The highest BCUT2D eigenvalue weighted by atomic mass is 16.5. The molecule has 1 atom stereocenters. The van der Waals surface area contributed by atoms with Crippen LogP contribution >= 0.6 is 0 Å². The van der Waals surface area contributed by atoms with Gasteiger partial charge in [0.2, 0.25) is 5.91 Å². The van der Waals surface area contributed by atoms with Crippen molar-refractivity contribution in [3.63, 3.8) is 0 Å². The second-order valence-corrected chi connectivity index (χ2v) is 4.60. The van der Waals surface area contributed by atoms with Crippen molar-refractivity contribution in [1.82, 2.24) is 0 Å². The van der Waals surface area contributed by atoms with Crippen molar-refractivity contribution in [1.29, 1.82) is 0 Å². The van der Waals surface area contributed by atoms with Gasteiger partial charge in [-0.3, -0.25) is 4.79 Å². The van der Waals surface area contributed by atoms with Crippen molar-refractivity contribution < 1.29 is 9.53 Å². The van der Waals surface area contributed by atoms with Gasteiger partial charge in [0.15, 0.2) is 0 Å². The standard InChI is InChI=1S/C16H18N2O2/c17-11-13(16(18)19)9-12-5-4-8-15(10-12)20-14-6-2-1-3-7-14/h1-8,10,13H,9,11,17H2,(H2,18,19). The van der Waals surface area contributed by atoms with Gasteiger partial charge in [-0.1, -0.05) is 30.3 Å². The minimum absolute atomic E-state index is 0.249. The van der Waals surface area contributed by atoms with E-state index in [0.29, 0.717) is 6.42 Å². The summed E-state index contributed by atoms with van der Waals surface area (Å²) in [6, 6.07) is 17.1. The predicted molar refractivity (Wildman–Crippen MR) is 78.4 cm³/mol. The van der Waals surface area contributed by atoms with Gasteiger partial charge in [0.25, 0.3) is 0 Å². The zero-order valence-corrected chi connectivity index (χ0v) is 11.2. The fourth-order valence-electron chi connectivity index (χ4n) is 1.95. The summed E-state index contributed by atoms with van der Waals surface area (Å²) in [7, 11) is 0. The van der Waals surface area contributed by atoms with Gasteiger partial charge in [0.05, 0.1) is 5.92 Å². The average molecular weight is 270 g/mol. The van der Waals surface area contributed by atoms with Gasteiger partial charge in [-0.15, -0.1) is 0 Å². The van der Waals surface area contributed by atoms with E-state index in [-0.39, 0.29) is 18.4 Å². The van der Waals surface area contributed by atoms with Gasteiger partial charge in [0.1, 0.15) is 11.5 Å². The molecule has 20 heavy (non-hydrogen) atoms. The number of carbonyl (C=O) groups is 1. The molecule has 4 heteroatoms. The summed E-state index contributed by atoms with van der Waals surface area (Å²) >= 11 is 0. The van der Waals surface area contributed by atoms with Crippen molar-refractivity contribution in [2.45, 2.75) is 6.42 Å². The molecule has 0 saturated heterocycles. The molecule has 1 amide bonds. The minimum Gasteiger partial charge on any atom is -0.457 e. The third-order valence-corrected chi connectivity index (χ3v) is 3.05. The second kappa shape index (κ2) is 6.73. The largest absolute Gasteiger partial charge is 0.457 e. The van der Waals surface area contributed by atoms with Gasteiger partial charge in [-0.25, -0.2) is 0 Å². The average Bonchev–Trinajstić information content (AvgIpc) is 2.46. The molecule has 4 nitrogen and oxygen atoms in total. The Balaban J connectivity index is 2.10. The highest BCUT2D eigenvalue weighted by Crippen LogP contribution is 2.22. The minimum atomic E-state index is -0.373. The van der Waals surface area contributed by atoms with E-state index in [1.54, 1.807) is 0 Å². The maximum absolute atomic E-state index is 11.2. The number of carbonyl (C=O) groups excluding carboxylic acids is 1. The molecule has 2 aromatic rings. The molecule has 0 bridgehead atoms. The molecule has 2 aromatic carbocycles. The van der Waals surface area contributed by atoms with Gasteiger partial charge in [0, 0.05) is 6.54 Å². The molecular weight excluding hydrogens is 252 g/mol. The van der Waals surface area contributed by atoms with Gasteiger partial charge in [-0.05, 0) is 36.2 Å². The number of primary amides is 1. The molecule has 4 N–H and O–H groups in total. The molecule has 0 fully saturated rings. The van der Waals surface area contributed by atoms with Gasteiger partial charge >= 0.3 is 0 Å². The summed E-state index contributed by atoms with van der Waals surface area (Å²) in [5, 5.41) is 0. The number of benzene rings is 2. The number of hydrogen-bond acceptors (Lipinski definition) is 3. The Morgan fingerprint density at radius 2 is 1.75 bits per heavy atom. The quantitative estimate of drug-likeness (QED) is 0.843. The summed E-state index contributed by atoms with van der Waals surface area (Å²) in [5.74, 6) is 0.785. The smallest absolute Gasteiger partial charge is 0.222 e. The molecular formula is C16H18N2O2. The first-order chi connectivity index (χ1) is 9.69. The lowest BCUT2D eigenvalue weighted by molar-refractivity contribution is -0.121. The van der Waals surface area contributed by atoms with E-state index in [9.17, 15) is 4.79 Å². The number of amides is 1. The first kappa shape index (κ1) is 14.1. The summed E-state index contributed by atoms with van der Waals surface area (Å²) in [4.78, 5) is 11.2. The molecule has 0 aromatic heterocycles. The van der Waals surface area contributed by atoms with Crippen molar-refractivity contribution >= 4 is 5.91 Å². The highest BCUT2D eigenvalue weighted by molar-refractivity contribution is 5.77. The molecule has 0 radical (unpaired) electrons. The predicted octanol–water partition coefficient (Wildman–Crippen LogP) is 2.08. The van der Waals surface area contributed by atoms with Crippen LogP contribution in [0.4, 0.5) is 0 Å². The fourth-order valence-corrected chi connectivity index (χ4v) is 1.95. The zero-order chi connectivity index (χ0) is 14.4. The van der Waals surface area contributed by atoms with E-state index in [1.165, 1.54) is 0 Å². The van der Waals surface area contributed by atoms with Gasteiger partial charge < -0.3 is 16.2 Å². The zero-order valence-electron chi connectivity index (χ0n) is 11.2. The molecule has 1 unspecified atom stereocenters. The number of ether oxygens (including phenoxy) is 1. The van der Waals surface area contributed by atoms with Crippen LogP contribution in [0, 0.1) is 5.92 Å². The number of nitrogens with two attached hydrogens (primary N) is 2. The molecule has 0 aliphatic rings. The molecule has 104 valence electrons. The molecule has 0 heterocycles. The van der Waals surface area contributed by atoms with Crippen molar-refractivity contribution in [2.75, 3.05) is 6.54 Å². The maximum Gasteiger partial charge on any atom is 0.222 e. The fraction of sp³-hybridized carbons (Fsp3) is 0.188. The Morgan fingerprint density at radius 1 is 1.05 bits per heavy atom. The first-order valence-corrected chi connectivity index (χ1v) is 6.50.